The highest BCUT2D eigenvalue weighted by Gasteiger charge is 2.29. The molecule has 9 aromatic carbocycles. The summed E-state index contributed by atoms with van der Waals surface area (Å²) in [6.07, 6.45) is 5.00. The maximum Gasteiger partial charge on any atom is 0.101 e. The number of nitrogens with zero attached hydrogens (tertiary/aromatic N) is 4. The molecule has 58 heavy (non-hydrogen) atoms. The molecule has 1 aliphatic carbocycles. The Labute approximate surface area is 338 Å². The van der Waals surface area contributed by atoms with E-state index in [0.29, 0.717) is 12.0 Å². The average Bonchev–Trinajstić information content (AvgIpc) is 3.30. The zero-order valence-corrected chi connectivity index (χ0v) is 31.6. The first-order valence-corrected chi connectivity index (χ1v) is 19.6. The summed E-state index contributed by atoms with van der Waals surface area (Å²) >= 11 is 0. The summed E-state index contributed by atoms with van der Waals surface area (Å²) in [5, 5.41) is 28.2. The number of allylic oxidation sites excluding steroid dienone is 2. The molecular formula is C54H36N4. The SMILES string of the molecule is N#CC1=CC(c2ccccc2)=CCC1N(c1ccccc1)c1ccc2ccc3c(N(c4ccccc4)c4ccc(-c5ccccc5)cc4C#N)ccc4ccc1c2c43. The molecule has 0 spiro atoms. The lowest BCUT2D eigenvalue weighted by molar-refractivity contribution is 0.764. The van der Waals surface area contributed by atoms with Crippen molar-refractivity contribution in [3.05, 3.63) is 217 Å². The van der Waals surface area contributed by atoms with Crippen molar-refractivity contribution in [3.8, 4) is 23.3 Å². The lowest BCUT2D eigenvalue weighted by atomic mass is 9.88. The minimum absolute atomic E-state index is 0.203. The Morgan fingerprint density at radius 2 is 1.00 bits per heavy atom. The number of hydrogen-bond donors (Lipinski definition) is 0. The quantitative estimate of drug-likeness (QED) is 0.146. The Bertz CT molecular complexity index is 3100. The monoisotopic (exact) mass is 740 g/mol. The van der Waals surface area contributed by atoms with E-state index in [2.05, 4.69) is 155 Å². The summed E-state index contributed by atoms with van der Waals surface area (Å²) in [5.74, 6) is 0. The molecule has 1 atom stereocenters. The van der Waals surface area contributed by atoms with E-state index >= 15 is 0 Å². The first kappa shape index (κ1) is 34.6. The van der Waals surface area contributed by atoms with Crippen LogP contribution in [-0.4, -0.2) is 6.04 Å². The van der Waals surface area contributed by atoms with Crippen LogP contribution in [0.25, 0.3) is 49.0 Å². The Kier molecular flexibility index (Phi) is 8.71. The molecule has 1 aliphatic rings. The highest BCUT2D eigenvalue weighted by molar-refractivity contribution is 6.28. The Hall–Kier alpha value is -7.92. The number of para-hydroxylation sites is 2. The van der Waals surface area contributed by atoms with Gasteiger partial charge in [-0.1, -0.05) is 146 Å². The van der Waals surface area contributed by atoms with Gasteiger partial charge in [0.15, 0.2) is 0 Å². The van der Waals surface area contributed by atoms with Crippen molar-refractivity contribution in [1.29, 1.82) is 10.5 Å². The van der Waals surface area contributed by atoms with Gasteiger partial charge in [-0.25, -0.2) is 0 Å². The van der Waals surface area contributed by atoms with Gasteiger partial charge in [-0.15, -0.1) is 0 Å². The maximum absolute atomic E-state index is 10.7. The molecule has 0 bridgehead atoms. The van der Waals surface area contributed by atoms with Gasteiger partial charge >= 0.3 is 0 Å². The van der Waals surface area contributed by atoms with Crippen LogP contribution >= 0.6 is 0 Å². The van der Waals surface area contributed by atoms with Crippen LogP contribution in [0.1, 0.15) is 17.5 Å². The predicted molar refractivity (Wildman–Crippen MR) is 240 cm³/mol. The van der Waals surface area contributed by atoms with Crippen LogP contribution in [0.15, 0.2) is 206 Å². The third-order valence-electron chi connectivity index (χ3n) is 11.4. The standard InChI is InChI=1S/C54H36N4/c55-35-43-33-41(37-13-5-1-6-14-37)25-29-49(43)57(45-17-9-3-10-18-45)51-31-23-39-22-28-48-52(32-24-40-21-27-47(51)53(39)54(40)48)58(46-19-11-4-12-20-46)50-30-26-42(34-44(50)36-56)38-15-7-2-8-16-38/h1-29,31-34,50H,30H2. The summed E-state index contributed by atoms with van der Waals surface area (Å²) in [5.41, 5.74) is 10.4. The van der Waals surface area contributed by atoms with Crippen molar-refractivity contribution in [3.63, 3.8) is 0 Å². The molecule has 1 unspecified atom stereocenters. The van der Waals surface area contributed by atoms with Crippen LogP contribution in [0.3, 0.4) is 0 Å². The summed E-state index contributed by atoms with van der Waals surface area (Å²) < 4.78 is 0. The zero-order chi connectivity index (χ0) is 39.0. The van der Waals surface area contributed by atoms with E-state index in [0.717, 1.165) is 83.2 Å². The molecule has 0 aliphatic heterocycles. The van der Waals surface area contributed by atoms with Crippen LogP contribution in [0.4, 0.5) is 28.4 Å². The fourth-order valence-electron chi connectivity index (χ4n) is 8.74. The Morgan fingerprint density at radius 3 is 1.62 bits per heavy atom. The minimum atomic E-state index is -0.203. The van der Waals surface area contributed by atoms with Gasteiger partial charge in [0.05, 0.1) is 34.6 Å². The first-order chi connectivity index (χ1) is 28.7. The molecule has 4 heteroatoms. The summed E-state index contributed by atoms with van der Waals surface area (Å²) in [6, 6.07) is 70.0. The molecule has 0 amide bonds. The summed E-state index contributed by atoms with van der Waals surface area (Å²) in [6.45, 7) is 0. The third kappa shape index (κ3) is 5.93. The van der Waals surface area contributed by atoms with Crippen LogP contribution in [-0.2, 0) is 0 Å². The first-order valence-electron chi connectivity index (χ1n) is 19.6. The smallest absolute Gasteiger partial charge is 0.101 e. The van der Waals surface area contributed by atoms with Gasteiger partial charge in [0.2, 0.25) is 0 Å². The van der Waals surface area contributed by atoms with E-state index in [1.165, 1.54) is 5.39 Å². The number of nitriles is 2. The van der Waals surface area contributed by atoms with Gasteiger partial charge in [0.25, 0.3) is 0 Å². The van der Waals surface area contributed by atoms with E-state index in [1.54, 1.807) is 0 Å². The minimum Gasteiger partial charge on any atom is -0.332 e. The molecule has 10 rings (SSSR count). The molecule has 272 valence electrons. The van der Waals surface area contributed by atoms with Crippen LogP contribution in [0.2, 0.25) is 0 Å². The molecule has 4 nitrogen and oxygen atoms in total. The van der Waals surface area contributed by atoms with Gasteiger partial charge in [-0.3, -0.25) is 0 Å². The molecule has 0 saturated carbocycles. The molecule has 0 N–H and O–H groups in total. The second kappa shape index (κ2) is 14.6. The average molecular weight is 741 g/mol. The molecular weight excluding hydrogens is 705 g/mol. The Morgan fingerprint density at radius 1 is 0.466 bits per heavy atom. The summed E-state index contributed by atoms with van der Waals surface area (Å²) in [7, 11) is 0. The number of benzene rings is 9. The largest absolute Gasteiger partial charge is 0.332 e. The van der Waals surface area contributed by atoms with Crippen LogP contribution in [0, 0.1) is 22.7 Å². The molecule has 9 aromatic rings. The second-order valence-electron chi connectivity index (χ2n) is 14.7. The molecule has 0 aromatic heterocycles. The van der Waals surface area contributed by atoms with Crippen molar-refractivity contribution in [1.82, 2.24) is 0 Å². The van der Waals surface area contributed by atoms with Gasteiger partial charge in [-0.05, 0) is 105 Å². The second-order valence-corrected chi connectivity index (χ2v) is 14.7. The molecule has 0 heterocycles. The van der Waals surface area contributed by atoms with Gasteiger partial charge in [0, 0.05) is 27.8 Å². The van der Waals surface area contributed by atoms with Crippen molar-refractivity contribution in [2.24, 2.45) is 0 Å². The van der Waals surface area contributed by atoms with Crippen molar-refractivity contribution in [2.75, 3.05) is 9.80 Å². The van der Waals surface area contributed by atoms with Crippen molar-refractivity contribution in [2.45, 2.75) is 12.5 Å². The molecule has 0 radical (unpaired) electrons. The zero-order valence-electron chi connectivity index (χ0n) is 31.6. The fraction of sp³-hybridized carbons (Fsp3) is 0.0370. The number of anilines is 5. The number of hydrogen-bond acceptors (Lipinski definition) is 4. The Balaban J connectivity index is 1.17. The van der Waals surface area contributed by atoms with E-state index in [9.17, 15) is 10.5 Å². The van der Waals surface area contributed by atoms with Gasteiger partial charge in [0.1, 0.15) is 6.07 Å². The highest BCUT2D eigenvalue weighted by Crippen LogP contribution is 2.48. The molecule has 0 saturated heterocycles. The topological polar surface area (TPSA) is 54.1 Å². The van der Waals surface area contributed by atoms with E-state index in [1.807, 2.05) is 66.7 Å². The fourth-order valence-corrected chi connectivity index (χ4v) is 8.74. The van der Waals surface area contributed by atoms with E-state index in [-0.39, 0.29) is 6.04 Å². The summed E-state index contributed by atoms with van der Waals surface area (Å²) in [4.78, 5) is 4.57. The van der Waals surface area contributed by atoms with Gasteiger partial charge < -0.3 is 9.80 Å². The maximum atomic E-state index is 10.7. The van der Waals surface area contributed by atoms with Crippen molar-refractivity contribution >= 4 is 66.3 Å². The third-order valence-corrected chi connectivity index (χ3v) is 11.4. The van der Waals surface area contributed by atoms with Crippen molar-refractivity contribution < 1.29 is 0 Å². The predicted octanol–water partition coefficient (Wildman–Crippen LogP) is 14.0. The van der Waals surface area contributed by atoms with Crippen LogP contribution < -0.4 is 9.80 Å². The number of rotatable bonds is 8. The lowest BCUT2D eigenvalue weighted by Gasteiger charge is -2.36. The van der Waals surface area contributed by atoms with Gasteiger partial charge in [-0.2, -0.15) is 10.5 Å². The lowest BCUT2D eigenvalue weighted by Crippen LogP contribution is -2.33. The highest BCUT2D eigenvalue weighted by atomic mass is 15.2. The molecule has 0 fully saturated rings. The van der Waals surface area contributed by atoms with E-state index < -0.39 is 0 Å². The normalized spacial score (nSPS) is 13.8. The van der Waals surface area contributed by atoms with E-state index in [4.69, 9.17) is 0 Å². The van der Waals surface area contributed by atoms with Crippen LogP contribution in [0.5, 0.6) is 0 Å².